The van der Waals surface area contributed by atoms with Gasteiger partial charge in [0.25, 0.3) is 0 Å². The molecule has 1 saturated heterocycles. The third kappa shape index (κ3) is 5.09. The van der Waals surface area contributed by atoms with Crippen LogP contribution in [0.5, 0.6) is 5.75 Å². The molecule has 1 aromatic rings. The quantitative estimate of drug-likeness (QED) is 0.771. The summed E-state index contributed by atoms with van der Waals surface area (Å²) in [4.78, 5) is 26.7. The number of anilines is 1. The highest BCUT2D eigenvalue weighted by Crippen LogP contribution is 2.26. The standard InChI is InChI=1S/C18H27N3O4/c1-13-8-9-14(17(22)19-10-11-24-2)12-21(13)18(23)20-15-6-4-5-7-16(15)25-3/h4-7,13-14H,8-12H2,1-3H3,(H,19,22)(H,20,23). The molecule has 7 heteroatoms. The maximum absolute atomic E-state index is 12.7. The Balaban J connectivity index is 1.98. The van der Waals surface area contributed by atoms with Crippen molar-refractivity contribution in [2.24, 2.45) is 5.92 Å². The van der Waals surface area contributed by atoms with Gasteiger partial charge in [-0.15, -0.1) is 0 Å². The molecule has 1 heterocycles. The summed E-state index contributed by atoms with van der Waals surface area (Å²) >= 11 is 0. The molecule has 3 amide bonds. The maximum atomic E-state index is 12.7. The lowest BCUT2D eigenvalue weighted by Crippen LogP contribution is -2.51. The number of hydrogen-bond acceptors (Lipinski definition) is 4. The van der Waals surface area contributed by atoms with Crippen LogP contribution in [0.25, 0.3) is 0 Å². The average molecular weight is 349 g/mol. The van der Waals surface area contributed by atoms with Crippen molar-refractivity contribution in [3.8, 4) is 5.75 Å². The van der Waals surface area contributed by atoms with E-state index in [0.29, 0.717) is 31.1 Å². The third-order valence-electron chi connectivity index (χ3n) is 4.47. The van der Waals surface area contributed by atoms with Gasteiger partial charge in [-0.05, 0) is 31.9 Å². The van der Waals surface area contributed by atoms with Crippen molar-refractivity contribution in [2.45, 2.75) is 25.8 Å². The summed E-state index contributed by atoms with van der Waals surface area (Å²) in [6, 6.07) is 7.13. The number of urea groups is 1. The van der Waals surface area contributed by atoms with Crippen LogP contribution >= 0.6 is 0 Å². The Morgan fingerprint density at radius 1 is 1.24 bits per heavy atom. The molecule has 25 heavy (non-hydrogen) atoms. The van der Waals surface area contributed by atoms with Crippen molar-refractivity contribution in [1.82, 2.24) is 10.2 Å². The monoisotopic (exact) mass is 349 g/mol. The van der Waals surface area contributed by atoms with Gasteiger partial charge in [0.1, 0.15) is 5.75 Å². The lowest BCUT2D eigenvalue weighted by atomic mass is 9.93. The predicted molar refractivity (Wildman–Crippen MR) is 95.8 cm³/mol. The Labute approximate surface area is 148 Å². The molecule has 0 saturated carbocycles. The number of likely N-dealkylation sites (tertiary alicyclic amines) is 1. The van der Waals surface area contributed by atoms with E-state index < -0.39 is 0 Å². The Kier molecular flexibility index (Phi) is 7.06. The zero-order valence-electron chi connectivity index (χ0n) is 15.1. The summed E-state index contributed by atoms with van der Waals surface area (Å²) in [5.41, 5.74) is 0.619. The number of hydrogen-bond donors (Lipinski definition) is 2. The highest BCUT2D eigenvalue weighted by Gasteiger charge is 2.32. The molecular formula is C18H27N3O4. The number of benzene rings is 1. The normalized spacial score (nSPS) is 20.0. The molecule has 2 N–H and O–H groups in total. The van der Waals surface area contributed by atoms with Gasteiger partial charge in [-0.3, -0.25) is 4.79 Å². The summed E-state index contributed by atoms with van der Waals surface area (Å²) in [5, 5.41) is 5.74. The highest BCUT2D eigenvalue weighted by atomic mass is 16.5. The van der Waals surface area contributed by atoms with Crippen LogP contribution in [0, 0.1) is 5.92 Å². The van der Waals surface area contributed by atoms with Crippen molar-refractivity contribution in [1.29, 1.82) is 0 Å². The molecule has 7 nitrogen and oxygen atoms in total. The molecular weight excluding hydrogens is 322 g/mol. The first-order valence-electron chi connectivity index (χ1n) is 8.54. The number of piperidine rings is 1. The molecule has 0 spiro atoms. The van der Waals surface area contributed by atoms with E-state index in [4.69, 9.17) is 9.47 Å². The molecule has 0 radical (unpaired) electrons. The van der Waals surface area contributed by atoms with Crippen molar-refractivity contribution in [3.63, 3.8) is 0 Å². The van der Waals surface area contributed by atoms with Gasteiger partial charge >= 0.3 is 6.03 Å². The number of carbonyl (C=O) groups is 2. The molecule has 0 aromatic heterocycles. The lowest BCUT2D eigenvalue weighted by molar-refractivity contribution is -0.126. The molecule has 0 aliphatic carbocycles. The van der Waals surface area contributed by atoms with Gasteiger partial charge in [0, 0.05) is 26.2 Å². The van der Waals surface area contributed by atoms with Crippen LogP contribution in [0.3, 0.4) is 0 Å². The molecule has 0 bridgehead atoms. The van der Waals surface area contributed by atoms with Gasteiger partial charge in [-0.2, -0.15) is 0 Å². The molecule has 1 aromatic carbocycles. The van der Waals surface area contributed by atoms with E-state index in [0.717, 1.165) is 12.8 Å². The van der Waals surface area contributed by atoms with Crippen LogP contribution in [0.15, 0.2) is 24.3 Å². The summed E-state index contributed by atoms with van der Waals surface area (Å²) in [7, 11) is 3.16. The van der Waals surface area contributed by atoms with E-state index in [-0.39, 0.29) is 23.9 Å². The zero-order valence-corrected chi connectivity index (χ0v) is 15.1. The Morgan fingerprint density at radius 2 is 2.00 bits per heavy atom. The van der Waals surface area contributed by atoms with Crippen molar-refractivity contribution < 1.29 is 19.1 Å². The number of methoxy groups -OCH3 is 2. The lowest BCUT2D eigenvalue weighted by Gasteiger charge is -2.37. The van der Waals surface area contributed by atoms with Crippen molar-refractivity contribution in [2.75, 3.05) is 39.2 Å². The minimum Gasteiger partial charge on any atom is -0.495 e. The van der Waals surface area contributed by atoms with Gasteiger partial charge < -0.3 is 25.0 Å². The number of nitrogens with zero attached hydrogens (tertiary/aromatic N) is 1. The number of para-hydroxylation sites is 2. The second kappa shape index (κ2) is 9.27. The fourth-order valence-electron chi connectivity index (χ4n) is 2.96. The van der Waals surface area contributed by atoms with E-state index >= 15 is 0 Å². The predicted octanol–water partition coefficient (Wildman–Crippen LogP) is 2.09. The van der Waals surface area contributed by atoms with Gasteiger partial charge in [-0.1, -0.05) is 12.1 Å². The van der Waals surface area contributed by atoms with Crippen LogP contribution in [-0.2, 0) is 9.53 Å². The number of carbonyl (C=O) groups excluding carboxylic acids is 2. The molecule has 1 aliphatic heterocycles. The SMILES string of the molecule is COCCNC(=O)C1CCC(C)N(C(=O)Nc2ccccc2OC)C1. The summed E-state index contributed by atoms with van der Waals surface area (Å²) in [6.45, 7) is 3.36. The summed E-state index contributed by atoms with van der Waals surface area (Å²) in [6.07, 6.45) is 1.57. The van der Waals surface area contributed by atoms with Crippen LogP contribution < -0.4 is 15.4 Å². The minimum absolute atomic E-state index is 0.0287. The van der Waals surface area contributed by atoms with E-state index in [1.54, 1.807) is 31.3 Å². The smallest absolute Gasteiger partial charge is 0.322 e. The van der Waals surface area contributed by atoms with Gasteiger partial charge in [0.2, 0.25) is 5.91 Å². The molecule has 1 aliphatic rings. The van der Waals surface area contributed by atoms with Crippen molar-refractivity contribution in [3.05, 3.63) is 24.3 Å². The van der Waals surface area contributed by atoms with Gasteiger partial charge in [-0.25, -0.2) is 4.79 Å². The average Bonchev–Trinajstić information content (AvgIpc) is 2.62. The Hall–Kier alpha value is -2.28. The third-order valence-corrected chi connectivity index (χ3v) is 4.47. The number of amides is 3. The number of rotatable bonds is 6. The number of nitrogens with one attached hydrogen (secondary N) is 2. The van der Waals surface area contributed by atoms with Crippen LogP contribution in [0.4, 0.5) is 10.5 Å². The number of ether oxygens (including phenoxy) is 2. The van der Waals surface area contributed by atoms with Crippen LogP contribution in [0.1, 0.15) is 19.8 Å². The van der Waals surface area contributed by atoms with Gasteiger partial charge in [0.15, 0.2) is 0 Å². The summed E-state index contributed by atoms with van der Waals surface area (Å²) < 4.78 is 10.2. The van der Waals surface area contributed by atoms with Crippen LogP contribution in [-0.4, -0.2) is 56.8 Å². The van der Waals surface area contributed by atoms with E-state index in [2.05, 4.69) is 10.6 Å². The molecule has 2 rings (SSSR count). The Morgan fingerprint density at radius 3 is 2.72 bits per heavy atom. The first-order valence-corrected chi connectivity index (χ1v) is 8.54. The largest absolute Gasteiger partial charge is 0.495 e. The fraction of sp³-hybridized carbons (Fsp3) is 0.556. The Bertz CT molecular complexity index is 593. The topological polar surface area (TPSA) is 79.9 Å². The van der Waals surface area contributed by atoms with E-state index in [1.165, 1.54) is 0 Å². The second-order valence-electron chi connectivity index (χ2n) is 6.19. The molecule has 1 fully saturated rings. The second-order valence-corrected chi connectivity index (χ2v) is 6.19. The first-order chi connectivity index (χ1) is 12.1. The van der Waals surface area contributed by atoms with Crippen molar-refractivity contribution >= 4 is 17.6 Å². The maximum Gasteiger partial charge on any atom is 0.322 e. The van der Waals surface area contributed by atoms with E-state index in [9.17, 15) is 9.59 Å². The zero-order chi connectivity index (χ0) is 18.2. The highest BCUT2D eigenvalue weighted by molar-refractivity contribution is 5.91. The molecule has 138 valence electrons. The minimum atomic E-state index is -0.216. The summed E-state index contributed by atoms with van der Waals surface area (Å²) in [5.74, 6) is 0.380. The van der Waals surface area contributed by atoms with E-state index in [1.807, 2.05) is 19.1 Å². The first kappa shape index (κ1) is 19.1. The molecule has 2 unspecified atom stereocenters. The van der Waals surface area contributed by atoms with Gasteiger partial charge in [0.05, 0.1) is 25.3 Å². The fourth-order valence-corrected chi connectivity index (χ4v) is 2.96. The van der Waals surface area contributed by atoms with Crippen LogP contribution in [0.2, 0.25) is 0 Å². The molecule has 2 atom stereocenters.